The number of carbonyl (C=O) groups is 1. The summed E-state index contributed by atoms with van der Waals surface area (Å²) < 4.78 is 17.6. The van der Waals surface area contributed by atoms with Crippen LogP contribution in [-0.2, 0) is 16.2 Å². The summed E-state index contributed by atoms with van der Waals surface area (Å²) in [6.07, 6.45) is -0.207. The van der Waals surface area contributed by atoms with Gasteiger partial charge in [0.2, 0.25) is 0 Å². The van der Waals surface area contributed by atoms with Gasteiger partial charge >= 0.3 is 5.97 Å². The predicted octanol–water partition coefficient (Wildman–Crippen LogP) is 0.420. The van der Waals surface area contributed by atoms with Gasteiger partial charge < -0.3 is 23.9 Å². The average Bonchev–Trinajstić information content (AvgIpc) is 3.18. The number of benzene rings is 1. The molecule has 1 aromatic heterocycles. The molecule has 2 heterocycles. The van der Waals surface area contributed by atoms with Crippen LogP contribution in [0.1, 0.15) is 13.3 Å². The highest BCUT2D eigenvalue weighted by Gasteiger charge is 2.41. The monoisotopic (exact) mass is 380 g/mol. The fourth-order valence-electron chi connectivity index (χ4n) is 3.18. The summed E-state index contributed by atoms with van der Waals surface area (Å²) in [5, 5.41) is 14.4. The first kappa shape index (κ1) is 18.6. The van der Waals surface area contributed by atoms with Crippen molar-refractivity contribution in [2.45, 2.75) is 32.2 Å². The maximum Gasteiger partial charge on any atom is 0.364 e. The Balaban J connectivity index is 1.85. The molecule has 1 unspecified atom stereocenters. The zero-order valence-corrected chi connectivity index (χ0v) is 15.5. The number of hydrogen-bond acceptors (Lipinski definition) is 7. The van der Waals surface area contributed by atoms with Crippen LogP contribution >= 0.6 is 12.2 Å². The maximum absolute atomic E-state index is 11.9. The van der Waals surface area contributed by atoms with Crippen LogP contribution in [0.2, 0.25) is 0 Å². The van der Waals surface area contributed by atoms with E-state index in [1.807, 2.05) is 31.2 Å². The van der Waals surface area contributed by atoms with Crippen LogP contribution in [0.15, 0.2) is 28.7 Å². The molecule has 0 spiro atoms. The van der Waals surface area contributed by atoms with E-state index in [1.165, 1.54) is 11.8 Å². The summed E-state index contributed by atoms with van der Waals surface area (Å²) in [4.78, 5) is 13.0. The first-order valence-corrected chi connectivity index (χ1v) is 8.85. The van der Waals surface area contributed by atoms with Gasteiger partial charge in [-0.15, -0.1) is 5.10 Å². The number of rotatable bonds is 6. The van der Waals surface area contributed by atoms with E-state index in [0.717, 1.165) is 4.90 Å². The molecule has 140 valence electrons. The van der Waals surface area contributed by atoms with Crippen molar-refractivity contribution in [3.8, 4) is 17.2 Å². The number of nitrogens with zero attached hydrogens (tertiary/aromatic N) is 2. The van der Waals surface area contributed by atoms with Crippen LogP contribution in [0.3, 0.4) is 0 Å². The molecule has 1 aliphatic rings. The first-order valence-electron chi connectivity index (χ1n) is 8.44. The fraction of sp³-hybridized carbons (Fsp3) is 0.471. The zero-order chi connectivity index (χ0) is 18.7. The van der Waals surface area contributed by atoms with Gasteiger partial charge in [-0.25, -0.2) is 4.79 Å². The van der Waals surface area contributed by atoms with Gasteiger partial charge in [0.1, 0.15) is 18.4 Å². The van der Waals surface area contributed by atoms with Gasteiger partial charge in [-0.2, -0.15) is 4.68 Å². The lowest BCUT2D eigenvalue weighted by Crippen LogP contribution is -3.14. The molecular formula is C17H22N3O5S+. The van der Waals surface area contributed by atoms with Gasteiger partial charge in [-0.3, -0.25) is 0 Å². The van der Waals surface area contributed by atoms with E-state index in [1.54, 1.807) is 0 Å². The molecule has 0 aliphatic carbocycles. The van der Waals surface area contributed by atoms with E-state index in [2.05, 4.69) is 5.10 Å². The summed E-state index contributed by atoms with van der Waals surface area (Å²) >= 11 is 5.28. The summed E-state index contributed by atoms with van der Waals surface area (Å²) in [5.74, 6) is 0.663. The second-order valence-electron chi connectivity index (χ2n) is 6.09. The van der Waals surface area contributed by atoms with Crippen molar-refractivity contribution < 1.29 is 28.7 Å². The fourth-order valence-corrected chi connectivity index (χ4v) is 3.36. The van der Waals surface area contributed by atoms with Gasteiger partial charge in [0.15, 0.2) is 12.7 Å². The van der Waals surface area contributed by atoms with Crippen LogP contribution in [0.4, 0.5) is 0 Å². The number of aromatic nitrogens is 2. The third kappa shape index (κ3) is 3.79. The standard InChI is InChI=1S/C17H21N3O5S/c1-3-24-14-7-5-4-6-12(14)15-18-20(17(26)25-15)10-19-9-11(21)8-13(19)16(22)23-2/h4-7,11,13,21H,3,8-10H2,1-2H3/p+1/t11-,13+/m1/s1. The van der Waals surface area contributed by atoms with Crippen molar-refractivity contribution in [2.24, 2.45) is 0 Å². The number of esters is 1. The molecule has 1 saturated heterocycles. The Labute approximate surface area is 155 Å². The third-order valence-corrected chi connectivity index (χ3v) is 4.65. The minimum atomic E-state index is -0.562. The zero-order valence-electron chi connectivity index (χ0n) is 14.7. The SMILES string of the molecule is CCOc1ccccc1-c1nn(C[NH+]2C[C@H](O)C[C@H]2C(=O)OC)c(=S)o1. The largest absolute Gasteiger partial charge is 0.493 e. The molecule has 9 heteroatoms. The summed E-state index contributed by atoms with van der Waals surface area (Å²) in [6, 6.07) is 6.97. The third-order valence-electron chi connectivity index (χ3n) is 4.36. The number of aliphatic hydroxyl groups is 1. The van der Waals surface area contributed by atoms with Crippen LogP contribution < -0.4 is 9.64 Å². The topological polar surface area (TPSA) is 91.2 Å². The lowest BCUT2D eigenvalue weighted by molar-refractivity contribution is -0.928. The summed E-state index contributed by atoms with van der Waals surface area (Å²) in [7, 11) is 1.34. The average molecular weight is 380 g/mol. The Hall–Kier alpha value is -2.23. The van der Waals surface area contributed by atoms with E-state index in [0.29, 0.717) is 43.4 Å². The first-order chi connectivity index (χ1) is 12.5. The van der Waals surface area contributed by atoms with E-state index < -0.39 is 12.1 Å². The summed E-state index contributed by atoms with van der Waals surface area (Å²) in [5.41, 5.74) is 0.708. The van der Waals surface area contributed by atoms with Crippen molar-refractivity contribution in [1.29, 1.82) is 0 Å². The molecule has 0 radical (unpaired) electrons. The van der Waals surface area contributed by atoms with Gasteiger partial charge in [0, 0.05) is 6.42 Å². The molecule has 1 fully saturated rings. The highest BCUT2D eigenvalue weighted by molar-refractivity contribution is 7.71. The van der Waals surface area contributed by atoms with E-state index in [-0.39, 0.29) is 10.8 Å². The number of methoxy groups -OCH3 is 1. The van der Waals surface area contributed by atoms with Gasteiger partial charge in [-0.05, 0) is 31.3 Å². The molecule has 0 amide bonds. The number of hydrogen-bond donors (Lipinski definition) is 2. The number of likely N-dealkylation sites (tertiary alicyclic amines) is 1. The number of carbonyl (C=O) groups excluding carboxylic acids is 1. The van der Waals surface area contributed by atoms with Crippen molar-refractivity contribution in [2.75, 3.05) is 20.3 Å². The predicted molar refractivity (Wildman–Crippen MR) is 94.2 cm³/mol. The Morgan fingerprint density at radius 2 is 2.27 bits per heavy atom. The Bertz CT molecular complexity index is 834. The van der Waals surface area contributed by atoms with Gasteiger partial charge in [0.25, 0.3) is 10.7 Å². The molecule has 3 rings (SSSR count). The second kappa shape index (κ2) is 7.98. The lowest BCUT2D eigenvalue weighted by atomic mass is 10.2. The Morgan fingerprint density at radius 1 is 1.50 bits per heavy atom. The molecule has 8 nitrogen and oxygen atoms in total. The lowest BCUT2D eigenvalue weighted by Gasteiger charge is -2.18. The van der Waals surface area contributed by atoms with Crippen LogP contribution in [0.25, 0.3) is 11.5 Å². The number of nitrogens with one attached hydrogen (secondary N) is 1. The van der Waals surface area contributed by atoms with Crippen molar-refractivity contribution >= 4 is 18.2 Å². The molecule has 26 heavy (non-hydrogen) atoms. The van der Waals surface area contributed by atoms with E-state index in [9.17, 15) is 9.90 Å². The van der Waals surface area contributed by atoms with Gasteiger partial charge in [0.05, 0.1) is 19.3 Å². The van der Waals surface area contributed by atoms with Crippen LogP contribution in [0, 0.1) is 4.84 Å². The normalized spacial score (nSPS) is 22.3. The molecule has 2 N–H and O–H groups in total. The van der Waals surface area contributed by atoms with Crippen molar-refractivity contribution in [3.05, 3.63) is 29.1 Å². The number of quaternary nitrogens is 1. The number of aliphatic hydroxyl groups excluding tert-OH is 1. The Morgan fingerprint density at radius 3 is 3.00 bits per heavy atom. The van der Waals surface area contributed by atoms with Crippen LogP contribution in [0.5, 0.6) is 5.75 Å². The number of para-hydroxylation sites is 1. The minimum absolute atomic E-state index is 0.198. The molecule has 1 aliphatic heterocycles. The molecule has 1 aromatic carbocycles. The van der Waals surface area contributed by atoms with E-state index >= 15 is 0 Å². The quantitative estimate of drug-likeness (QED) is 0.554. The van der Waals surface area contributed by atoms with Crippen molar-refractivity contribution in [1.82, 2.24) is 9.78 Å². The van der Waals surface area contributed by atoms with E-state index in [4.69, 9.17) is 26.1 Å². The number of ether oxygens (including phenoxy) is 2. The smallest absolute Gasteiger partial charge is 0.364 e. The molecular weight excluding hydrogens is 358 g/mol. The Kier molecular flexibility index (Phi) is 5.70. The highest BCUT2D eigenvalue weighted by Crippen LogP contribution is 2.28. The molecule has 2 aromatic rings. The molecule has 3 atom stereocenters. The van der Waals surface area contributed by atoms with Crippen LogP contribution in [-0.4, -0.2) is 53.3 Å². The molecule has 0 bridgehead atoms. The van der Waals surface area contributed by atoms with Gasteiger partial charge in [-0.1, -0.05) is 12.1 Å². The maximum atomic E-state index is 11.9. The second-order valence-corrected chi connectivity index (χ2v) is 6.44. The molecule has 0 saturated carbocycles. The van der Waals surface area contributed by atoms with Crippen molar-refractivity contribution in [3.63, 3.8) is 0 Å². The highest BCUT2D eigenvalue weighted by atomic mass is 32.1. The minimum Gasteiger partial charge on any atom is -0.493 e. The summed E-state index contributed by atoms with van der Waals surface area (Å²) in [6.45, 7) is 3.14.